The molecule has 0 amide bonds. The van der Waals surface area contributed by atoms with Gasteiger partial charge in [0.2, 0.25) is 0 Å². The minimum absolute atomic E-state index is 0.153. The Kier molecular flexibility index (Phi) is 5.45. The fourth-order valence-electron chi connectivity index (χ4n) is 3.47. The van der Waals surface area contributed by atoms with Crippen molar-refractivity contribution in [3.8, 4) is 0 Å². The quantitative estimate of drug-likeness (QED) is 0.641. The highest BCUT2D eigenvalue weighted by Crippen LogP contribution is 2.37. The van der Waals surface area contributed by atoms with Gasteiger partial charge in [-0.15, -0.1) is 0 Å². The first-order valence-corrected chi connectivity index (χ1v) is 10.4. The number of hydrogen-bond donors (Lipinski definition) is 0. The minimum atomic E-state index is -0.625. The lowest BCUT2D eigenvalue weighted by molar-refractivity contribution is -0.0568. The van der Waals surface area contributed by atoms with Crippen LogP contribution in [0.25, 0.3) is 0 Å². The SMILES string of the molecule is CC(c1ccccc1P(c1ccccc1)c1ccccc1)C1OCCO1. The summed E-state index contributed by atoms with van der Waals surface area (Å²) < 4.78 is 11.6. The molecule has 3 aromatic rings. The number of rotatable bonds is 5. The van der Waals surface area contributed by atoms with Gasteiger partial charge >= 0.3 is 0 Å². The third kappa shape index (κ3) is 3.59. The van der Waals surface area contributed by atoms with Crippen LogP contribution in [0.2, 0.25) is 0 Å². The van der Waals surface area contributed by atoms with Gasteiger partial charge in [0.1, 0.15) is 0 Å². The van der Waals surface area contributed by atoms with Gasteiger partial charge < -0.3 is 9.47 Å². The molecule has 0 N–H and O–H groups in total. The Labute approximate surface area is 156 Å². The van der Waals surface area contributed by atoms with Crippen molar-refractivity contribution in [2.24, 2.45) is 0 Å². The first-order chi connectivity index (χ1) is 12.8. The predicted octanol–water partition coefficient (Wildman–Crippen LogP) is 3.92. The van der Waals surface area contributed by atoms with E-state index in [1.807, 2.05) is 0 Å². The van der Waals surface area contributed by atoms with Crippen molar-refractivity contribution in [1.82, 2.24) is 0 Å². The molecule has 0 saturated carbocycles. The number of benzene rings is 3. The highest BCUT2D eigenvalue weighted by atomic mass is 31.1. The summed E-state index contributed by atoms with van der Waals surface area (Å²) in [7, 11) is -0.625. The monoisotopic (exact) mass is 362 g/mol. The fourth-order valence-corrected chi connectivity index (χ4v) is 6.04. The van der Waals surface area contributed by atoms with Crippen molar-refractivity contribution >= 4 is 23.8 Å². The molecular formula is C23H23O2P. The van der Waals surface area contributed by atoms with Crippen molar-refractivity contribution in [3.63, 3.8) is 0 Å². The van der Waals surface area contributed by atoms with Crippen molar-refractivity contribution in [2.75, 3.05) is 13.2 Å². The van der Waals surface area contributed by atoms with Crippen LogP contribution in [-0.4, -0.2) is 19.5 Å². The zero-order valence-corrected chi connectivity index (χ0v) is 15.8. The second-order valence-electron chi connectivity index (χ2n) is 6.46. The van der Waals surface area contributed by atoms with Crippen LogP contribution < -0.4 is 15.9 Å². The average molecular weight is 362 g/mol. The molecule has 2 nitrogen and oxygen atoms in total. The highest BCUT2D eigenvalue weighted by molar-refractivity contribution is 7.79. The van der Waals surface area contributed by atoms with Gasteiger partial charge in [-0.1, -0.05) is 91.9 Å². The van der Waals surface area contributed by atoms with Gasteiger partial charge in [0.25, 0.3) is 0 Å². The summed E-state index contributed by atoms with van der Waals surface area (Å²) in [5.74, 6) is 0.200. The van der Waals surface area contributed by atoms with Crippen LogP contribution in [-0.2, 0) is 9.47 Å². The van der Waals surface area contributed by atoms with E-state index in [1.165, 1.54) is 21.5 Å². The van der Waals surface area contributed by atoms with Crippen molar-refractivity contribution in [1.29, 1.82) is 0 Å². The van der Waals surface area contributed by atoms with Crippen molar-refractivity contribution < 1.29 is 9.47 Å². The Hall–Kier alpha value is -1.99. The molecule has 1 atom stereocenters. The van der Waals surface area contributed by atoms with E-state index in [4.69, 9.17) is 9.47 Å². The molecule has 1 unspecified atom stereocenters. The normalized spacial score (nSPS) is 16.1. The number of ether oxygens (including phenoxy) is 2. The van der Waals surface area contributed by atoms with E-state index in [2.05, 4.69) is 91.9 Å². The van der Waals surface area contributed by atoms with Crippen LogP contribution in [0.15, 0.2) is 84.9 Å². The van der Waals surface area contributed by atoms with E-state index in [9.17, 15) is 0 Å². The maximum absolute atomic E-state index is 5.80. The van der Waals surface area contributed by atoms with Gasteiger partial charge in [0.05, 0.1) is 13.2 Å². The van der Waals surface area contributed by atoms with E-state index in [0.717, 1.165) is 0 Å². The van der Waals surface area contributed by atoms with Crippen LogP contribution >= 0.6 is 7.92 Å². The Morgan fingerprint density at radius 1 is 0.731 bits per heavy atom. The average Bonchev–Trinajstić information content (AvgIpc) is 3.25. The summed E-state index contributed by atoms with van der Waals surface area (Å²) in [6, 6.07) is 30.4. The van der Waals surface area contributed by atoms with E-state index >= 15 is 0 Å². The molecule has 132 valence electrons. The summed E-state index contributed by atoms with van der Waals surface area (Å²) in [4.78, 5) is 0. The zero-order chi connectivity index (χ0) is 17.8. The molecule has 0 radical (unpaired) electrons. The molecular weight excluding hydrogens is 339 g/mol. The highest BCUT2D eigenvalue weighted by Gasteiger charge is 2.28. The molecule has 1 aliphatic heterocycles. The number of hydrogen-bond acceptors (Lipinski definition) is 2. The third-order valence-electron chi connectivity index (χ3n) is 4.75. The van der Waals surface area contributed by atoms with Gasteiger partial charge in [-0.2, -0.15) is 0 Å². The fraction of sp³-hybridized carbons (Fsp3) is 0.217. The van der Waals surface area contributed by atoms with Gasteiger partial charge in [-0.05, 0) is 29.4 Å². The van der Waals surface area contributed by atoms with Crippen LogP contribution in [0.1, 0.15) is 18.4 Å². The largest absolute Gasteiger partial charge is 0.350 e. The van der Waals surface area contributed by atoms with Crippen molar-refractivity contribution in [2.45, 2.75) is 19.1 Å². The van der Waals surface area contributed by atoms with Crippen molar-refractivity contribution in [3.05, 3.63) is 90.5 Å². The molecule has 1 heterocycles. The van der Waals surface area contributed by atoms with Crippen LogP contribution in [0.5, 0.6) is 0 Å². The Morgan fingerprint density at radius 2 is 1.23 bits per heavy atom. The molecule has 1 fully saturated rings. The topological polar surface area (TPSA) is 18.5 Å². The summed E-state index contributed by atoms with van der Waals surface area (Å²) in [6.45, 7) is 3.57. The Balaban J connectivity index is 1.82. The summed E-state index contributed by atoms with van der Waals surface area (Å²) in [5.41, 5.74) is 1.32. The van der Waals surface area contributed by atoms with Crippen LogP contribution in [0.3, 0.4) is 0 Å². The lowest BCUT2D eigenvalue weighted by Crippen LogP contribution is -2.27. The lowest BCUT2D eigenvalue weighted by Gasteiger charge is -2.26. The Bertz CT molecular complexity index is 790. The predicted molar refractivity (Wildman–Crippen MR) is 109 cm³/mol. The third-order valence-corrected chi connectivity index (χ3v) is 7.27. The maximum Gasteiger partial charge on any atom is 0.164 e. The van der Waals surface area contributed by atoms with Crippen LogP contribution in [0.4, 0.5) is 0 Å². The first-order valence-electron chi connectivity index (χ1n) is 9.07. The summed E-state index contributed by atoms with van der Waals surface area (Å²) >= 11 is 0. The molecule has 1 aliphatic rings. The molecule has 26 heavy (non-hydrogen) atoms. The molecule has 3 heteroatoms. The Morgan fingerprint density at radius 3 is 1.81 bits per heavy atom. The summed E-state index contributed by atoms with van der Waals surface area (Å²) in [6.07, 6.45) is -0.153. The standard InChI is InChI=1S/C23H23O2P/c1-18(23-24-16-17-25-23)21-14-8-9-15-22(21)26(19-10-4-2-5-11-19)20-12-6-3-7-13-20/h2-15,18,23H,16-17H2,1H3. The van der Waals surface area contributed by atoms with Gasteiger partial charge in [-0.25, -0.2) is 0 Å². The molecule has 0 bridgehead atoms. The summed E-state index contributed by atoms with van der Waals surface area (Å²) in [5, 5.41) is 4.11. The second kappa shape index (κ2) is 8.14. The smallest absolute Gasteiger partial charge is 0.164 e. The molecule has 0 aliphatic carbocycles. The minimum Gasteiger partial charge on any atom is -0.350 e. The van der Waals surface area contributed by atoms with Gasteiger partial charge in [-0.3, -0.25) is 0 Å². The maximum atomic E-state index is 5.80. The van der Waals surface area contributed by atoms with E-state index in [-0.39, 0.29) is 12.2 Å². The second-order valence-corrected chi connectivity index (χ2v) is 8.65. The molecule has 0 aromatic heterocycles. The molecule has 1 saturated heterocycles. The van der Waals surface area contributed by atoms with Gasteiger partial charge in [0.15, 0.2) is 6.29 Å². The van der Waals surface area contributed by atoms with E-state index in [0.29, 0.717) is 13.2 Å². The molecule has 3 aromatic carbocycles. The molecule has 4 rings (SSSR count). The molecule has 0 spiro atoms. The van der Waals surface area contributed by atoms with Gasteiger partial charge in [0, 0.05) is 5.92 Å². The van der Waals surface area contributed by atoms with Crippen LogP contribution in [0, 0.1) is 0 Å². The van der Waals surface area contributed by atoms with E-state index < -0.39 is 7.92 Å². The lowest BCUT2D eigenvalue weighted by atomic mass is 10.0. The van der Waals surface area contributed by atoms with E-state index in [1.54, 1.807) is 0 Å². The zero-order valence-electron chi connectivity index (χ0n) is 14.9. The first kappa shape index (κ1) is 17.4.